The Morgan fingerprint density at radius 3 is 2.76 bits per heavy atom. The standard InChI is InChI=1S/C20H18BrF2N3O2S/c21-15-4-2-1-3-14(15)19(27)26(6-5-25-7-9-28-10-8-25)20-24-18-16(23)11-13(22)12-17(18)29-20/h1-4,11-12H,5-10H2. The number of thiazole rings is 1. The van der Waals surface area contributed by atoms with Gasteiger partial charge in [-0.1, -0.05) is 23.5 Å². The first kappa shape index (κ1) is 20.3. The predicted molar refractivity (Wildman–Crippen MR) is 113 cm³/mol. The number of aromatic nitrogens is 1. The molecule has 2 aromatic carbocycles. The molecule has 1 fully saturated rings. The molecule has 0 bridgehead atoms. The van der Waals surface area contributed by atoms with Crippen molar-refractivity contribution >= 4 is 48.5 Å². The van der Waals surface area contributed by atoms with E-state index in [1.54, 1.807) is 18.2 Å². The van der Waals surface area contributed by atoms with E-state index in [0.29, 0.717) is 46.2 Å². The van der Waals surface area contributed by atoms with Gasteiger partial charge in [-0.15, -0.1) is 0 Å². The summed E-state index contributed by atoms with van der Waals surface area (Å²) in [5, 5.41) is 0.346. The summed E-state index contributed by atoms with van der Waals surface area (Å²) in [6, 6.07) is 9.17. The van der Waals surface area contributed by atoms with Gasteiger partial charge in [0, 0.05) is 36.7 Å². The molecule has 1 aromatic heterocycles. The van der Waals surface area contributed by atoms with Crippen molar-refractivity contribution in [3.05, 3.63) is 58.1 Å². The topological polar surface area (TPSA) is 45.7 Å². The van der Waals surface area contributed by atoms with Crippen LogP contribution < -0.4 is 4.90 Å². The highest BCUT2D eigenvalue weighted by Gasteiger charge is 2.25. The van der Waals surface area contributed by atoms with Crippen LogP contribution in [0.25, 0.3) is 10.2 Å². The summed E-state index contributed by atoms with van der Waals surface area (Å²) in [7, 11) is 0. The van der Waals surface area contributed by atoms with Crippen LogP contribution in [0.2, 0.25) is 0 Å². The number of halogens is 3. The van der Waals surface area contributed by atoms with Gasteiger partial charge in [-0.3, -0.25) is 14.6 Å². The van der Waals surface area contributed by atoms with Gasteiger partial charge >= 0.3 is 0 Å². The highest BCUT2D eigenvalue weighted by Crippen LogP contribution is 2.32. The van der Waals surface area contributed by atoms with Crippen molar-refractivity contribution in [1.29, 1.82) is 0 Å². The molecule has 3 aromatic rings. The third kappa shape index (κ3) is 4.48. The van der Waals surface area contributed by atoms with Gasteiger partial charge in [0.25, 0.3) is 5.91 Å². The molecule has 0 unspecified atom stereocenters. The number of hydrogen-bond acceptors (Lipinski definition) is 5. The first-order valence-electron chi connectivity index (χ1n) is 9.15. The van der Waals surface area contributed by atoms with Crippen LogP contribution in [0.4, 0.5) is 13.9 Å². The van der Waals surface area contributed by atoms with Crippen molar-refractivity contribution in [2.75, 3.05) is 44.3 Å². The van der Waals surface area contributed by atoms with E-state index in [2.05, 4.69) is 25.8 Å². The Balaban J connectivity index is 1.68. The Hall–Kier alpha value is -1.94. The number of ether oxygens (including phenoxy) is 1. The lowest BCUT2D eigenvalue weighted by atomic mass is 10.2. The maximum Gasteiger partial charge on any atom is 0.261 e. The second-order valence-corrected chi connectivity index (χ2v) is 8.48. The van der Waals surface area contributed by atoms with E-state index in [1.165, 1.54) is 11.0 Å². The fourth-order valence-electron chi connectivity index (χ4n) is 3.19. The number of fused-ring (bicyclic) bond motifs is 1. The molecule has 29 heavy (non-hydrogen) atoms. The molecular formula is C20H18BrF2N3O2S. The minimum absolute atomic E-state index is 0.0719. The SMILES string of the molecule is O=C(c1ccccc1Br)N(CCN1CCOCC1)c1nc2c(F)cc(F)cc2s1. The number of nitrogens with zero attached hydrogens (tertiary/aromatic N) is 3. The van der Waals surface area contributed by atoms with Crippen molar-refractivity contribution in [1.82, 2.24) is 9.88 Å². The largest absolute Gasteiger partial charge is 0.379 e. The smallest absolute Gasteiger partial charge is 0.261 e. The third-order valence-electron chi connectivity index (χ3n) is 4.73. The van der Waals surface area contributed by atoms with Gasteiger partial charge in [0.1, 0.15) is 11.3 Å². The van der Waals surface area contributed by atoms with Crippen LogP contribution in [0, 0.1) is 11.6 Å². The quantitative estimate of drug-likeness (QED) is 0.544. The van der Waals surface area contributed by atoms with Crippen molar-refractivity contribution in [3.63, 3.8) is 0 Å². The van der Waals surface area contributed by atoms with Crippen LogP contribution in [-0.4, -0.2) is 55.2 Å². The van der Waals surface area contributed by atoms with Gasteiger partial charge in [0.15, 0.2) is 10.9 Å². The second kappa shape index (κ2) is 8.83. The number of hydrogen-bond donors (Lipinski definition) is 0. The summed E-state index contributed by atoms with van der Waals surface area (Å²) in [6.07, 6.45) is 0. The summed E-state index contributed by atoms with van der Waals surface area (Å²) in [6.45, 7) is 3.90. The van der Waals surface area contributed by atoms with E-state index in [-0.39, 0.29) is 11.4 Å². The lowest BCUT2D eigenvalue weighted by molar-refractivity contribution is 0.0391. The van der Waals surface area contributed by atoms with E-state index in [4.69, 9.17) is 4.74 Å². The zero-order valence-corrected chi connectivity index (χ0v) is 17.8. The molecule has 1 amide bonds. The van der Waals surface area contributed by atoms with Crippen LogP contribution in [0.5, 0.6) is 0 Å². The molecule has 0 spiro atoms. The molecule has 2 heterocycles. The molecule has 152 valence electrons. The number of rotatable bonds is 5. The zero-order valence-electron chi connectivity index (χ0n) is 15.4. The van der Waals surface area contributed by atoms with Crippen LogP contribution in [-0.2, 0) is 4.74 Å². The maximum absolute atomic E-state index is 14.2. The number of carbonyl (C=O) groups is 1. The normalized spacial score (nSPS) is 15.0. The Morgan fingerprint density at radius 2 is 2.00 bits per heavy atom. The molecule has 0 saturated carbocycles. The van der Waals surface area contributed by atoms with Crippen LogP contribution in [0.3, 0.4) is 0 Å². The summed E-state index contributed by atoms with van der Waals surface area (Å²) in [5.41, 5.74) is 0.558. The first-order chi connectivity index (χ1) is 14.0. The molecule has 4 rings (SSSR count). The number of amides is 1. The molecule has 1 aliphatic rings. The molecule has 5 nitrogen and oxygen atoms in total. The molecule has 0 aliphatic carbocycles. The fraction of sp³-hybridized carbons (Fsp3) is 0.300. The van der Waals surface area contributed by atoms with Crippen LogP contribution in [0.1, 0.15) is 10.4 Å². The highest BCUT2D eigenvalue weighted by molar-refractivity contribution is 9.10. The molecule has 9 heteroatoms. The van der Waals surface area contributed by atoms with Gasteiger partial charge in [-0.2, -0.15) is 0 Å². The Kier molecular flexibility index (Phi) is 6.19. The third-order valence-corrected chi connectivity index (χ3v) is 6.44. The lowest BCUT2D eigenvalue weighted by Crippen LogP contribution is -2.43. The van der Waals surface area contributed by atoms with Gasteiger partial charge in [-0.25, -0.2) is 13.8 Å². The van der Waals surface area contributed by atoms with Crippen molar-refractivity contribution in [2.45, 2.75) is 0 Å². The summed E-state index contributed by atoms with van der Waals surface area (Å²) in [4.78, 5) is 21.4. The summed E-state index contributed by atoms with van der Waals surface area (Å²) in [5.74, 6) is -1.64. The monoisotopic (exact) mass is 481 g/mol. The van der Waals surface area contributed by atoms with Crippen molar-refractivity contribution < 1.29 is 18.3 Å². The maximum atomic E-state index is 14.2. The van der Waals surface area contributed by atoms with E-state index in [1.807, 2.05) is 6.07 Å². The number of carbonyl (C=O) groups excluding carboxylic acids is 1. The molecule has 0 atom stereocenters. The Bertz CT molecular complexity index is 1040. The number of morpholine rings is 1. The lowest BCUT2D eigenvalue weighted by Gasteiger charge is -2.29. The van der Waals surface area contributed by atoms with Crippen molar-refractivity contribution in [3.8, 4) is 0 Å². The average molecular weight is 482 g/mol. The number of anilines is 1. The first-order valence-corrected chi connectivity index (χ1v) is 10.8. The molecule has 0 N–H and O–H groups in total. The molecule has 1 aliphatic heterocycles. The average Bonchev–Trinajstić information content (AvgIpc) is 3.13. The van der Waals surface area contributed by atoms with Crippen molar-refractivity contribution in [2.24, 2.45) is 0 Å². The van der Waals surface area contributed by atoms with E-state index in [0.717, 1.165) is 30.5 Å². The minimum Gasteiger partial charge on any atom is -0.379 e. The zero-order chi connectivity index (χ0) is 20.4. The molecule has 1 saturated heterocycles. The Morgan fingerprint density at radius 1 is 1.24 bits per heavy atom. The fourth-order valence-corrected chi connectivity index (χ4v) is 4.67. The van der Waals surface area contributed by atoms with E-state index >= 15 is 0 Å². The van der Waals surface area contributed by atoms with Gasteiger partial charge in [0.2, 0.25) is 0 Å². The summed E-state index contributed by atoms with van der Waals surface area (Å²) < 4.78 is 34.2. The van der Waals surface area contributed by atoms with Gasteiger partial charge in [-0.05, 0) is 34.1 Å². The minimum atomic E-state index is -0.732. The Labute approximate surface area is 179 Å². The predicted octanol–water partition coefficient (Wildman–Crippen LogP) is 4.32. The molecule has 0 radical (unpaired) electrons. The van der Waals surface area contributed by atoms with Crippen LogP contribution in [0.15, 0.2) is 40.9 Å². The van der Waals surface area contributed by atoms with Gasteiger partial charge < -0.3 is 4.74 Å². The summed E-state index contributed by atoms with van der Waals surface area (Å²) >= 11 is 4.52. The van der Waals surface area contributed by atoms with Gasteiger partial charge in [0.05, 0.1) is 23.5 Å². The molecular weight excluding hydrogens is 464 g/mol. The van der Waals surface area contributed by atoms with E-state index < -0.39 is 11.6 Å². The van der Waals surface area contributed by atoms with Crippen LogP contribution >= 0.6 is 27.3 Å². The highest BCUT2D eigenvalue weighted by atomic mass is 79.9. The second-order valence-electron chi connectivity index (χ2n) is 6.62. The van der Waals surface area contributed by atoms with E-state index in [9.17, 15) is 13.6 Å². The number of benzene rings is 2.